The van der Waals surface area contributed by atoms with Crippen LogP contribution in [0.3, 0.4) is 0 Å². The van der Waals surface area contributed by atoms with Crippen molar-refractivity contribution in [1.82, 2.24) is 4.98 Å². The van der Waals surface area contributed by atoms with Gasteiger partial charge in [-0.15, -0.1) is 0 Å². The molecule has 0 saturated heterocycles. The van der Waals surface area contributed by atoms with Gasteiger partial charge in [-0.25, -0.2) is 4.98 Å². The molecular weight excluding hydrogens is 282 g/mol. The van der Waals surface area contributed by atoms with Crippen molar-refractivity contribution in [3.05, 3.63) is 41.2 Å². The number of rotatable bonds is 2. The standard InChI is InChI=1S/C13H10ClN3O3/c14-12-9(2-1-3-16-12)17-13(18)7-4-10-11(5-8(7)15)20-6-19-10/h1-5H,6,15H2,(H,17,18). The fourth-order valence-electron chi connectivity index (χ4n) is 1.82. The van der Waals surface area contributed by atoms with Crippen molar-refractivity contribution in [2.24, 2.45) is 0 Å². The summed E-state index contributed by atoms with van der Waals surface area (Å²) in [5.74, 6) is 0.621. The SMILES string of the molecule is Nc1cc2c(cc1C(=O)Nc1cccnc1Cl)OCO2. The number of benzene rings is 1. The number of halogens is 1. The summed E-state index contributed by atoms with van der Waals surface area (Å²) in [6, 6.07) is 6.42. The number of amides is 1. The second kappa shape index (κ2) is 4.90. The summed E-state index contributed by atoms with van der Waals surface area (Å²) in [6.07, 6.45) is 1.53. The van der Waals surface area contributed by atoms with Gasteiger partial charge >= 0.3 is 0 Å². The summed E-state index contributed by atoms with van der Waals surface area (Å²) in [6.45, 7) is 0.119. The van der Waals surface area contributed by atoms with Crippen molar-refractivity contribution in [2.45, 2.75) is 0 Å². The highest BCUT2D eigenvalue weighted by Crippen LogP contribution is 2.36. The molecule has 0 spiro atoms. The Morgan fingerprint density at radius 2 is 2.10 bits per heavy atom. The molecule has 6 nitrogen and oxygen atoms in total. The lowest BCUT2D eigenvalue weighted by Crippen LogP contribution is -2.14. The van der Waals surface area contributed by atoms with Crippen LogP contribution < -0.4 is 20.5 Å². The number of hydrogen-bond acceptors (Lipinski definition) is 5. The second-order valence-electron chi connectivity index (χ2n) is 4.09. The molecule has 1 aliphatic rings. The molecule has 2 aromatic rings. The van der Waals surface area contributed by atoms with Crippen molar-refractivity contribution >= 4 is 28.9 Å². The minimum absolute atomic E-state index is 0.119. The Hall–Kier alpha value is -2.47. The molecule has 0 aliphatic carbocycles. The summed E-state index contributed by atoms with van der Waals surface area (Å²) in [5.41, 5.74) is 6.84. The molecule has 3 rings (SSSR count). The quantitative estimate of drug-likeness (QED) is 0.655. The van der Waals surface area contributed by atoms with Crippen LogP contribution in [-0.4, -0.2) is 17.7 Å². The van der Waals surface area contributed by atoms with Crippen LogP contribution in [0, 0.1) is 0 Å². The Morgan fingerprint density at radius 1 is 1.35 bits per heavy atom. The minimum atomic E-state index is -0.393. The zero-order valence-electron chi connectivity index (χ0n) is 10.2. The maximum Gasteiger partial charge on any atom is 0.257 e. The molecule has 102 valence electrons. The summed E-state index contributed by atoms with van der Waals surface area (Å²) < 4.78 is 10.4. The van der Waals surface area contributed by atoms with Gasteiger partial charge in [-0.1, -0.05) is 11.6 Å². The number of nitrogen functional groups attached to an aromatic ring is 1. The zero-order chi connectivity index (χ0) is 14.1. The van der Waals surface area contributed by atoms with E-state index in [4.69, 9.17) is 26.8 Å². The number of anilines is 2. The van der Waals surface area contributed by atoms with Crippen LogP contribution >= 0.6 is 11.6 Å². The molecule has 1 aliphatic heterocycles. The fourth-order valence-corrected chi connectivity index (χ4v) is 1.99. The van der Waals surface area contributed by atoms with Crippen LogP contribution in [-0.2, 0) is 0 Å². The van der Waals surface area contributed by atoms with Crippen LogP contribution in [0.4, 0.5) is 11.4 Å². The van der Waals surface area contributed by atoms with Crippen molar-refractivity contribution in [3.63, 3.8) is 0 Å². The van der Waals surface area contributed by atoms with E-state index < -0.39 is 5.91 Å². The highest BCUT2D eigenvalue weighted by atomic mass is 35.5. The van der Waals surface area contributed by atoms with Crippen molar-refractivity contribution < 1.29 is 14.3 Å². The first-order valence-corrected chi connectivity index (χ1v) is 6.14. The lowest BCUT2D eigenvalue weighted by atomic mass is 10.1. The lowest BCUT2D eigenvalue weighted by molar-refractivity contribution is 0.102. The van der Waals surface area contributed by atoms with E-state index in [1.165, 1.54) is 12.3 Å². The van der Waals surface area contributed by atoms with Gasteiger partial charge in [-0.3, -0.25) is 4.79 Å². The Labute approximate surface area is 119 Å². The Bertz CT molecular complexity index is 691. The van der Waals surface area contributed by atoms with Gasteiger partial charge in [0.05, 0.1) is 11.3 Å². The topological polar surface area (TPSA) is 86.5 Å². The number of carbonyl (C=O) groups excluding carboxylic acids is 1. The fraction of sp³-hybridized carbons (Fsp3) is 0.0769. The summed E-state index contributed by atoms with van der Waals surface area (Å²) >= 11 is 5.89. The molecule has 20 heavy (non-hydrogen) atoms. The molecule has 1 amide bonds. The summed E-state index contributed by atoms with van der Waals surface area (Å²) in [7, 11) is 0. The van der Waals surface area contributed by atoms with E-state index in [0.717, 1.165) is 0 Å². The third-order valence-electron chi connectivity index (χ3n) is 2.80. The van der Waals surface area contributed by atoms with Gasteiger partial charge in [0, 0.05) is 18.0 Å². The number of hydrogen-bond donors (Lipinski definition) is 2. The van der Waals surface area contributed by atoms with Gasteiger partial charge in [-0.05, 0) is 18.2 Å². The third-order valence-corrected chi connectivity index (χ3v) is 3.10. The number of ether oxygens (including phenoxy) is 2. The third kappa shape index (κ3) is 2.21. The predicted molar refractivity (Wildman–Crippen MR) is 74.2 cm³/mol. The predicted octanol–water partition coefficient (Wildman–Crippen LogP) is 2.30. The highest BCUT2D eigenvalue weighted by molar-refractivity contribution is 6.32. The Morgan fingerprint density at radius 3 is 2.85 bits per heavy atom. The van der Waals surface area contributed by atoms with Crippen molar-refractivity contribution in [2.75, 3.05) is 17.8 Å². The average Bonchev–Trinajstić information content (AvgIpc) is 2.87. The van der Waals surface area contributed by atoms with E-state index in [1.807, 2.05) is 0 Å². The minimum Gasteiger partial charge on any atom is -0.454 e. The molecule has 3 N–H and O–H groups in total. The van der Waals surface area contributed by atoms with Crippen LogP contribution in [0.15, 0.2) is 30.5 Å². The zero-order valence-corrected chi connectivity index (χ0v) is 11.0. The first-order chi connectivity index (χ1) is 9.65. The Kier molecular flexibility index (Phi) is 3.08. The second-order valence-corrected chi connectivity index (χ2v) is 4.45. The molecular formula is C13H10ClN3O3. The van der Waals surface area contributed by atoms with Crippen LogP contribution in [0.1, 0.15) is 10.4 Å². The van der Waals surface area contributed by atoms with Crippen LogP contribution in [0.2, 0.25) is 5.15 Å². The smallest absolute Gasteiger partial charge is 0.257 e. The molecule has 0 saturated carbocycles. The van der Waals surface area contributed by atoms with Gasteiger partial charge < -0.3 is 20.5 Å². The largest absolute Gasteiger partial charge is 0.454 e. The van der Waals surface area contributed by atoms with Gasteiger partial charge in [0.15, 0.2) is 16.7 Å². The number of aromatic nitrogens is 1. The number of nitrogens with two attached hydrogens (primary N) is 1. The first-order valence-electron chi connectivity index (χ1n) is 5.76. The maximum atomic E-state index is 12.2. The average molecular weight is 292 g/mol. The Balaban J connectivity index is 1.90. The lowest BCUT2D eigenvalue weighted by Gasteiger charge is -2.09. The molecule has 7 heteroatoms. The van der Waals surface area contributed by atoms with E-state index in [0.29, 0.717) is 22.9 Å². The molecule has 1 aromatic carbocycles. The van der Waals surface area contributed by atoms with Crippen molar-refractivity contribution in [1.29, 1.82) is 0 Å². The molecule has 0 fully saturated rings. The highest BCUT2D eigenvalue weighted by Gasteiger charge is 2.20. The molecule has 0 bridgehead atoms. The molecule has 2 heterocycles. The number of nitrogens with zero attached hydrogens (tertiary/aromatic N) is 1. The summed E-state index contributed by atoms with van der Waals surface area (Å²) in [5, 5.41) is 2.86. The van der Waals surface area contributed by atoms with Crippen molar-refractivity contribution in [3.8, 4) is 11.5 Å². The maximum absolute atomic E-state index is 12.2. The molecule has 0 radical (unpaired) electrons. The van der Waals surface area contributed by atoms with E-state index in [-0.39, 0.29) is 17.5 Å². The van der Waals surface area contributed by atoms with E-state index in [9.17, 15) is 4.79 Å². The van der Waals surface area contributed by atoms with Crippen LogP contribution in [0.5, 0.6) is 11.5 Å². The number of nitrogens with one attached hydrogen (secondary N) is 1. The number of carbonyl (C=O) groups is 1. The van der Waals surface area contributed by atoms with E-state index in [2.05, 4.69) is 10.3 Å². The summed E-state index contributed by atoms with van der Waals surface area (Å²) in [4.78, 5) is 16.1. The normalized spacial score (nSPS) is 12.2. The first kappa shape index (κ1) is 12.6. The number of fused-ring (bicyclic) bond motifs is 1. The molecule has 0 unspecified atom stereocenters. The molecule has 0 atom stereocenters. The van der Waals surface area contributed by atoms with E-state index >= 15 is 0 Å². The molecule has 1 aromatic heterocycles. The van der Waals surface area contributed by atoms with E-state index in [1.54, 1.807) is 18.2 Å². The van der Waals surface area contributed by atoms with Gasteiger partial charge in [0.25, 0.3) is 5.91 Å². The number of pyridine rings is 1. The van der Waals surface area contributed by atoms with Gasteiger partial charge in [0.1, 0.15) is 0 Å². The van der Waals surface area contributed by atoms with Gasteiger partial charge in [-0.2, -0.15) is 0 Å². The monoisotopic (exact) mass is 291 g/mol. The van der Waals surface area contributed by atoms with Crippen LogP contribution in [0.25, 0.3) is 0 Å². The van der Waals surface area contributed by atoms with Gasteiger partial charge in [0.2, 0.25) is 6.79 Å².